The van der Waals surface area contributed by atoms with Crippen LogP contribution in [0.4, 0.5) is 17.1 Å². The first-order valence-corrected chi connectivity index (χ1v) is 14.3. The summed E-state index contributed by atoms with van der Waals surface area (Å²) in [5.74, 6) is -1.66. The summed E-state index contributed by atoms with van der Waals surface area (Å²) in [4.78, 5) is 50.3. The molecule has 4 amide bonds. The van der Waals surface area contributed by atoms with Crippen molar-refractivity contribution in [1.82, 2.24) is 4.31 Å². The molecule has 39 heavy (non-hydrogen) atoms. The first kappa shape index (κ1) is 28.2. The van der Waals surface area contributed by atoms with Crippen molar-refractivity contribution in [3.63, 3.8) is 0 Å². The van der Waals surface area contributed by atoms with Crippen molar-refractivity contribution in [3.8, 4) is 0 Å². The minimum absolute atomic E-state index is 0.0346. The van der Waals surface area contributed by atoms with Crippen LogP contribution in [-0.2, 0) is 29.2 Å². The molecular formula is C28H32N4O6S. The molecule has 0 aromatic heterocycles. The first-order valence-electron chi connectivity index (χ1n) is 12.9. The molecule has 11 heteroatoms. The van der Waals surface area contributed by atoms with Gasteiger partial charge in [0, 0.05) is 31.8 Å². The zero-order valence-corrected chi connectivity index (χ0v) is 22.8. The summed E-state index contributed by atoms with van der Waals surface area (Å²) in [6.45, 7) is 2.78. The van der Waals surface area contributed by atoms with Crippen molar-refractivity contribution >= 4 is 50.7 Å². The maximum atomic E-state index is 13.9. The summed E-state index contributed by atoms with van der Waals surface area (Å²) >= 11 is 0. The molecule has 0 spiro atoms. The van der Waals surface area contributed by atoms with Crippen LogP contribution < -0.4 is 15.5 Å². The lowest BCUT2D eigenvalue weighted by Crippen LogP contribution is -2.46. The number of nitrogens with one attached hydrogen (secondary N) is 2. The molecule has 2 N–H and O–H groups in total. The first-order chi connectivity index (χ1) is 18.6. The van der Waals surface area contributed by atoms with E-state index in [0.717, 1.165) is 40.5 Å². The summed E-state index contributed by atoms with van der Waals surface area (Å²) in [7, 11) is -4.17. The minimum Gasteiger partial charge on any atom is -0.326 e. The Kier molecular flexibility index (Phi) is 8.61. The second-order valence-corrected chi connectivity index (χ2v) is 11.6. The molecule has 0 saturated carbocycles. The number of hydrogen-bond acceptors (Lipinski definition) is 6. The Labute approximate surface area is 228 Å². The highest BCUT2D eigenvalue weighted by molar-refractivity contribution is 7.89. The molecule has 1 aliphatic heterocycles. The molecule has 0 bridgehead atoms. The summed E-state index contributed by atoms with van der Waals surface area (Å²) < 4.78 is 28.9. The molecule has 2 aromatic carbocycles. The molecule has 1 unspecified atom stereocenters. The molecule has 1 atom stereocenters. The largest absolute Gasteiger partial charge is 0.326 e. The summed E-state index contributed by atoms with van der Waals surface area (Å²) in [6, 6.07) is 10.8. The van der Waals surface area contributed by atoms with Gasteiger partial charge >= 0.3 is 0 Å². The molecule has 1 aliphatic carbocycles. The molecule has 1 heterocycles. The Morgan fingerprint density at radius 1 is 0.923 bits per heavy atom. The monoisotopic (exact) mass is 552 g/mol. The highest BCUT2D eigenvalue weighted by Gasteiger charge is 2.46. The van der Waals surface area contributed by atoms with Gasteiger partial charge in [0.15, 0.2) is 0 Å². The van der Waals surface area contributed by atoms with Crippen molar-refractivity contribution in [2.75, 3.05) is 22.1 Å². The quantitative estimate of drug-likeness (QED) is 0.359. The van der Waals surface area contributed by atoms with Crippen LogP contribution in [0.1, 0.15) is 52.4 Å². The van der Waals surface area contributed by atoms with Crippen LogP contribution in [0.2, 0.25) is 0 Å². The van der Waals surface area contributed by atoms with Gasteiger partial charge in [0.1, 0.15) is 6.04 Å². The Hall–Kier alpha value is -3.83. The zero-order valence-electron chi connectivity index (χ0n) is 22.0. The Balaban J connectivity index is 1.63. The number of imide groups is 1. The maximum Gasteiger partial charge on any atom is 0.252 e. The lowest BCUT2D eigenvalue weighted by atomic mass is 9.97. The lowest BCUT2D eigenvalue weighted by Gasteiger charge is -2.28. The smallest absolute Gasteiger partial charge is 0.252 e. The molecule has 1 fully saturated rings. The van der Waals surface area contributed by atoms with Gasteiger partial charge in [0.2, 0.25) is 27.7 Å². The fraction of sp³-hybridized carbons (Fsp3) is 0.357. The third-order valence-corrected chi connectivity index (χ3v) is 8.66. The van der Waals surface area contributed by atoms with E-state index in [2.05, 4.69) is 16.7 Å². The summed E-state index contributed by atoms with van der Waals surface area (Å²) in [5, 5.41) is 5.23. The lowest BCUT2D eigenvalue weighted by molar-refractivity contribution is -0.122. The van der Waals surface area contributed by atoms with Gasteiger partial charge in [-0.25, -0.2) is 13.3 Å². The average molecular weight is 553 g/mol. The second kappa shape index (κ2) is 11.9. The molecule has 2 aliphatic rings. The van der Waals surface area contributed by atoms with Crippen molar-refractivity contribution < 1.29 is 27.6 Å². The third-order valence-electron chi connectivity index (χ3n) is 6.74. The van der Waals surface area contributed by atoms with E-state index in [1.807, 2.05) is 0 Å². The van der Waals surface area contributed by atoms with Gasteiger partial charge in [-0.05, 0) is 80.6 Å². The second-order valence-electron chi connectivity index (χ2n) is 9.69. The SMILES string of the molecule is CC(=O)Nc1ccc(N2C(=O)CC(N(CCC3=CCCCC3)S(=O)(=O)c3ccc(NC(C)=O)cc3)C2=O)cc1. The fourth-order valence-corrected chi connectivity index (χ4v) is 6.47. The van der Waals surface area contributed by atoms with E-state index >= 15 is 0 Å². The van der Waals surface area contributed by atoms with E-state index in [0.29, 0.717) is 23.5 Å². The number of carbonyl (C=O) groups is 4. The Morgan fingerprint density at radius 3 is 2.05 bits per heavy atom. The van der Waals surface area contributed by atoms with Gasteiger partial charge in [-0.15, -0.1) is 0 Å². The van der Waals surface area contributed by atoms with Gasteiger partial charge in [-0.1, -0.05) is 11.6 Å². The van der Waals surface area contributed by atoms with E-state index < -0.39 is 27.9 Å². The summed E-state index contributed by atoms with van der Waals surface area (Å²) in [5.41, 5.74) is 2.40. The highest BCUT2D eigenvalue weighted by atomic mass is 32.2. The normalized spacial score (nSPS) is 17.8. The van der Waals surface area contributed by atoms with Crippen LogP contribution in [0.25, 0.3) is 0 Å². The van der Waals surface area contributed by atoms with E-state index in [-0.39, 0.29) is 29.7 Å². The number of carbonyl (C=O) groups excluding carboxylic acids is 4. The van der Waals surface area contributed by atoms with E-state index in [1.165, 1.54) is 50.2 Å². The Morgan fingerprint density at radius 2 is 1.51 bits per heavy atom. The van der Waals surface area contributed by atoms with E-state index in [1.54, 1.807) is 12.1 Å². The van der Waals surface area contributed by atoms with Gasteiger partial charge in [0.05, 0.1) is 17.0 Å². The standard InChI is InChI=1S/C28H32N4O6S/c1-19(33)29-22-8-12-24(13-9-22)32-27(35)18-26(28(32)36)31(17-16-21-6-4-3-5-7-21)39(37,38)25-14-10-23(11-15-25)30-20(2)34/h6,8-15,26H,3-5,7,16-18H2,1-2H3,(H,29,33)(H,30,34). The molecular weight excluding hydrogens is 520 g/mol. The number of sulfonamides is 1. The van der Waals surface area contributed by atoms with Crippen LogP contribution in [0.3, 0.4) is 0 Å². The predicted octanol–water partition coefficient (Wildman–Crippen LogP) is 3.82. The van der Waals surface area contributed by atoms with Crippen LogP contribution in [0.15, 0.2) is 65.1 Å². The number of allylic oxidation sites excluding steroid dienone is 1. The molecule has 206 valence electrons. The van der Waals surface area contributed by atoms with Crippen LogP contribution in [0.5, 0.6) is 0 Å². The zero-order chi connectivity index (χ0) is 28.2. The van der Waals surface area contributed by atoms with Crippen molar-refractivity contribution in [3.05, 3.63) is 60.2 Å². The third kappa shape index (κ3) is 6.61. The molecule has 2 aromatic rings. The van der Waals surface area contributed by atoms with E-state index in [4.69, 9.17) is 0 Å². The topological polar surface area (TPSA) is 133 Å². The van der Waals surface area contributed by atoms with Crippen molar-refractivity contribution in [2.45, 2.75) is 63.3 Å². The van der Waals surface area contributed by atoms with Crippen molar-refractivity contribution in [2.24, 2.45) is 0 Å². The minimum atomic E-state index is -4.17. The van der Waals surface area contributed by atoms with Crippen LogP contribution in [0, 0.1) is 0 Å². The Bertz CT molecular complexity index is 1400. The van der Waals surface area contributed by atoms with Gasteiger partial charge < -0.3 is 10.6 Å². The van der Waals surface area contributed by atoms with Crippen LogP contribution >= 0.6 is 0 Å². The van der Waals surface area contributed by atoms with Gasteiger partial charge in [0.25, 0.3) is 5.91 Å². The number of benzene rings is 2. The van der Waals surface area contributed by atoms with Crippen LogP contribution in [-0.4, -0.2) is 48.9 Å². The molecule has 1 saturated heterocycles. The van der Waals surface area contributed by atoms with E-state index in [9.17, 15) is 27.6 Å². The number of hydrogen-bond donors (Lipinski definition) is 2. The molecule has 0 radical (unpaired) electrons. The predicted molar refractivity (Wildman–Crippen MR) is 147 cm³/mol. The average Bonchev–Trinajstić information content (AvgIpc) is 3.18. The van der Waals surface area contributed by atoms with Crippen molar-refractivity contribution in [1.29, 1.82) is 0 Å². The number of nitrogens with zero attached hydrogens (tertiary/aromatic N) is 2. The highest BCUT2D eigenvalue weighted by Crippen LogP contribution is 2.31. The summed E-state index contributed by atoms with van der Waals surface area (Å²) in [6.07, 6.45) is 6.26. The number of rotatable bonds is 9. The number of amides is 4. The van der Waals surface area contributed by atoms with Gasteiger partial charge in [-0.2, -0.15) is 4.31 Å². The molecule has 4 rings (SSSR count). The fourth-order valence-electron chi connectivity index (χ4n) is 4.89. The number of anilines is 3. The maximum absolute atomic E-state index is 13.9. The molecule has 10 nitrogen and oxygen atoms in total. The van der Waals surface area contributed by atoms with Gasteiger partial charge in [-0.3, -0.25) is 19.2 Å².